The zero-order chi connectivity index (χ0) is 25.9. The normalized spacial score (nSPS) is 12.7. The van der Waals surface area contributed by atoms with Crippen LogP contribution >= 0.6 is 0 Å². The summed E-state index contributed by atoms with van der Waals surface area (Å²) in [7, 11) is -0.913. The number of anilines is 2. The summed E-state index contributed by atoms with van der Waals surface area (Å²) in [5, 5.41) is 2.80. The molecule has 0 bridgehead atoms. The van der Waals surface area contributed by atoms with E-state index in [2.05, 4.69) is 10.0 Å². The van der Waals surface area contributed by atoms with E-state index in [1.54, 1.807) is 55.3 Å². The first-order valence-electron chi connectivity index (χ1n) is 11.3. The van der Waals surface area contributed by atoms with E-state index in [0.717, 1.165) is 11.3 Å². The maximum Gasteiger partial charge on any atom is 0.258 e. The molecule has 0 saturated carbocycles. The molecule has 2 amide bonds. The summed E-state index contributed by atoms with van der Waals surface area (Å²) in [4.78, 5) is 27.7. The minimum Gasteiger partial charge on any atom is -0.497 e. The molecular weight excluding hydrogens is 482 g/mol. The van der Waals surface area contributed by atoms with Crippen LogP contribution in [0.1, 0.15) is 33.2 Å². The molecule has 0 atom stereocenters. The number of hydrogen-bond donors (Lipinski definition) is 2. The smallest absolute Gasteiger partial charge is 0.258 e. The number of methoxy groups -OCH3 is 2. The van der Waals surface area contributed by atoms with Gasteiger partial charge < -0.3 is 19.7 Å². The van der Waals surface area contributed by atoms with Gasteiger partial charge in [-0.3, -0.25) is 9.59 Å². The van der Waals surface area contributed by atoms with E-state index in [-0.39, 0.29) is 28.7 Å². The van der Waals surface area contributed by atoms with Crippen LogP contribution in [0.3, 0.4) is 0 Å². The van der Waals surface area contributed by atoms with Gasteiger partial charge >= 0.3 is 0 Å². The predicted octanol–water partition coefficient (Wildman–Crippen LogP) is 3.46. The molecule has 0 saturated heterocycles. The molecule has 0 aliphatic carbocycles. The Kier molecular flexibility index (Phi) is 7.27. The first kappa shape index (κ1) is 25.2. The summed E-state index contributed by atoms with van der Waals surface area (Å²) < 4.78 is 37.9. The second-order valence-electron chi connectivity index (χ2n) is 8.10. The molecule has 9 nitrogen and oxygen atoms in total. The third-order valence-electron chi connectivity index (χ3n) is 5.87. The Morgan fingerprint density at radius 3 is 2.33 bits per heavy atom. The van der Waals surface area contributed by atoms with E-state index in [1.807, 2.05) is 6.07 Å². The van der Waals surface area contributed by atoms with Gasteiger partial charge in [-0.25, -0.2) is 13.1 Å². The number of nitrogens with zero attached hydrogens (tertiary/aromatic N) is 1. The number of nitrogens with one attached hydrogen (secondary N) is 2. The molecule has 36 heavy (non-hydrogen) atoms. The minimum atomic E-state index is -3.84. The lowest BCUT2D eigenvalue weighted by molar-refractivity contribution is 0.0988. The average Bonchev–Trinajstić information content (AvgIpc) is 3.31. The molecule has 1 aliphatic rings. The Labute approximate surface area is 210 Å². The van der Waals surface area contributed by atoms with Crippen molar-refractivity contribution in [3.63, 3.8) is 0 Å². The zero-order valence-corrected chi connectivity index (χ0v) is 21.0. The number of amides is 2. The molecule has 0 unspecified atom stereocenters. The van der Waals surface area contributed by atoms with Gasteiger partial charge in [-0.1, -0.05) is 13.0 Å². The highest BCUT2D eigenvalue weighted by atomic mass is 32.2. The molecule has 0 fully saturated rings. The molecular formula is C26H27N3O6S. The van der Waals surface area contributed by atoms with Crippen molar-refractivity contribution >= 4 is 33.2 Å². The number of rotatable bonds is 8. The van der Waals surface area contributed by atoms with Gasteiger partial charge in [0.15, 0.2) is 0 Å². The number of carbonyl (C=O) groups is 2. The fraction of sp³-hybridized carbons (Fsp3) is 0.231. The molecule has 1 aliphatic heterocycles. The van der Waals surface area contributed by atoms with Gasteiger partial charge in [-0.05, 0) is 66.6 Å². The van der Waals surface area contributed by atoms with E-state index in [1.165, 1.54) is 25.3 Å². The maximum atomic E-state index is 13.1. The molecule has 0 spiro atoms. The van der Waals surface area contributed by atoms with Crippen molar-refractivity contribution < 1.29 is 27.5 Å². The van der Waals surface area contributed by atoms with Gasteiger partial charge in [0, 0.05) is 35.6 Å². The zero-order valence-electron chi connectivity index (χ0n) is 20.2. The Balaban J connectivity index is 1.57. The first-order valence-corrected chi connectivity index (χ1v) is 12.8. The molecule has 2 N–H and O–H groups in total. The summed E-state index contributed by atoms with van der Waals surface area (Å²) in [6.07, 6.45) is 0.704. The predicted molar refractivity (Wildman–Crippen MR) is 137 cm³/mol. The lowest BCUT2D eigenvalue weighted by atomic mass is 10.1. The van der Waals surface area contributed by atoms with E-state index >= 15 is 0 Å². The van der Waals surface area contributed by atoms with Crippen molar-refractivity contribution in [3.05, 3.63) is 77.4 Å². The van der Waals surface area contributed by atoms with Gasteiger partial charge in [-0.2, -0.15) is 0 Å². The molecule has 3 aromatic carbocycles. The van der Waals surface area contributed by atoms with Crippen LogP contribution in [0.25, 0.3) is 0 Å². The molecule has 10 heteroatoms. The number of carbonyl (C=O) groups excluding carboxylic acids is 2. The van der Waals surface area contributed by atoms with E-state index in [0.29, 0.717) is 30.0 Å². The van der Waals surface area contributed by atoms with Gasteiger partial charge in [0.1, 0.15) is 16.4 Å². The highest BCUT2D eigenvalue weighted by Gasteiger charge is 2.26. The van der Waals surface area contributed by atoms with Crippen LogP contribution in [0.4, 0.5) is 11.4 Å². The average molecular weight is 510 g/mol. The van der Waals surface area contributed by atoms with E-state index in [4.69, 9.17) is 9.47 Å². The molecule has 0 radical (unpaired) electrons. The van der Waals surface area contributed by atoms with Gasteiger partial charge in [0.05, 0.1) is 14.2 Å². The summed E-state index contributed by atoms with van der Waals surface area (Å²) in [5.41, 5.74) is 2.89. The van der Waals surface area contributed by atoms with Crippen molar-refractivity contribution in [2.24, 2.45) is 0 Å². The van der Waals surface area contributed by atoms with Crippen molar-refractivity contribution in [2.45, 2.75) is 18.2 Å². The fourth-order valence-corrected chi connectivity index (χ4v) is 5.29. The number of ether oxygens (including phenoxy) is 2. The fourth-order valence-electron chi connectivity index (χ4n) is 4.06. The summed E-state index contributed by atoms with van der Waals surface area (Å²) in [5.74, 6) is 0.168. The lowest BCUT2D eigenvalue weighted by Crippen LogP contribution is -2.28. The Morgan fingerprint density at radius 2 is 1.67 bits per heavy atom. The third kappa shape index (κ3) is 5.05. The molecule has 3 aromatic rings. The van der Waals surface area contributed by atoms with Crippen LogP contribution in [-0.4, -0.2) is 47.5 Å². The van der Waals surface area contributed by atoms with Crippen LogP contribution in [0.15, 0.2) is 65.6 Å². The van der Waals surface area contributed by atoms with Crippen LogP contribution < -0.4 is 24.4 Å². The lowest BCUT2D eigenvalue weighted by Gasteiger charge is -2.18. The maximum absolute atomic E-state index is 13.1. The standard InChI is InChI=1S/C26H27N3O6S/c1-4-27-36(32,33)24-15-19(8-12-23(24)35-3)25(30)28-20-9-5-17-13-14-29(22(17)16-20)26(31)18-6-10-21(34-2)11-7-18/h5-12,15-16,27H,4,13-14H2,1-3H3,(H,28,30). The molecule has 188 valence electrons. The summed E-state index contributed by atoms with van der Waals surface area (Å²) >= 11 is 0. The first-order chi connectivity index (χ1) is 17.3. The quantitative estimate of drug-likeness (QED) is 0.481. The summed E-state index contributed by atoms with van der Waals surface area (Å²) in [6, 6.07) is 16.5. The SMILES string of the molecule is CCNS(=O)(=O)c1cc(C(=O)Nc2ccc3c(c2)N(C(=O)c2ccc(OC)cc2)CC3)ccc1OC. The van der Waals surface area contributed by atoms with E-state index in [9.17, 15) is 18.0 Å². The molecule has 0 aromatic heterocycles. The van der Waals surface area contributed by atoms with Crippen molar-refractivity contribution in [3.8, 4) is 11.5 Å². The third-order valence-corrected chi connectivity index (χ3v) is 7.44. The van der Waals surface area contributed by atoms with Gasteiger partial charge in [0.25, 0.3) is 11.8 Å². The van der Waals surface area contributed by atoms with Crippen LogP contribution in [-0.2, 0) is 16.4 Å². The number of benzene rings is 3. The largest absolute Gasteiger partial charge is 0.497 e. The monoisotopic (exact) mass is 509 g/mol. The Bertz CT molecular complexity index is 1400. The van der Waals surface area contributed by atoms with Crippen LogP contribution in [0, 0.1) is 0 Å². The van der Waals surface area contributed by atoms with E-state index < -0.39 is 15.9 Å². The number of sulfonamides is 1. The highest BCUT2D eigenvalue weighted by Crippen LogP contribution is 2.33. The second-order valence-corrected chi connectivity index (χ2v) is 9.84. The van der Waals surface area contributed by atoms with Gasteiger partial charge in [-0.15, -0.1) is 0 Å². The van der Waals surface area contributed by atoms with Gasteiger partial charge in [0.2, 0.25) is 10.0 Å². The summed E-state index contributed by atoms with van der Waals surface area (Å²) in [6.45, 7) is 2.39. The molecule has 4 rings (SSSR count). The second kappa shape index (κ2) is 10.4. The Hall–Kier alpha value is -3.89. The number of fused-ring (bicyclic) bond motifs is 1. The minimum absolute atomic E-state index is 0.121. The topological polar surface area (TPSA) is 114 Å². The highest BCUT2D eigenvalue weighted by molar-refractivity contribution is 7.89. The number of hydrogen-bond acceptors (Lipinski definition) is 6. The van der Waals surface area contributed by atoms with Crippen molar-refractivity contribution in [1.29, 1.82) is 0 Å². The molecule has 1 heterocycles. The van der Waals surface area contributed by atoms with Crippen molar-refractivity contribution in [1.82, 2.24) is 4.72 Å². The van der Waals surface area contributed by atoms with Crippen LogP contribution in [0.5, 0.6) is 11.5 Å². The van der Waals surface area contributed by atoms with Crippen LogP contribution in [0.2, 0.25) is 0 Å². The Morgan fingerprint density at radius 1 is 0.944 bits per heavy atom. The van der Waals surface area contributed by atoms with Crippen molar-refractivity contribution in [2.75, 3.05) is 37.5 Å².